The molecule has 0 spiro atoms. The predicted octanol–water partition coefficient (Wildman–Crippen LogP) is 3.79. The van der Waals surface area contributed by atoms with Gasteiger partial charge in [0.25, 0.3) is 0 Å². The highest BCUT2D eigenvalue weighted by Crippen LogP contribution is 2.26. The molecule has 0 bridgehead atoms. The number of nitrogens with zero attached hydrogens (tertiary/aromatic N) is 1. The molecule has 0 amide bonds. The van der Waals surface area contributed by atoms with Crippen LogP contribution < -0.4 is 9.47 Å². The van der Waals surface area contributed by atoms with Gasteiger partial charge in [-0.15, -0.1) is 0 Å². The van der Waals surface area contributed by atoms with E-state index in [2.05, 4.69) is 0 Å². The van der Waals surface area contributed by atoms with Crippen molar-refractivity contribution in [3.63, 3.8) is 0 Å². The van der Waals surface area contributed by atoms with Gasteiger partial charge in [0.15, 0.2) is 0 Å². The third-order valence-electron chi connectivity index (χ3n) is 4.80. The Morgan fingerprint density at radius 3 is 2.10 bits per heavy atom. The van der Waals surface area contributed by atoms with Gasteiger partial charge in [-0.25, -0.2) is 13.2 Å². The molecule has 0 heterocycles. The van der Waals surface area contributed by atoms with Crippen LogP contribution >= 0.6 is 0 Å². The van der Waals surface area contributed by atoms with Crippen molar-refractivity contribution in [2.24, 2.45) is 0 Å². The first-order chi connectivity index (χ1) is 14.8. The minimum atomic E-state index is -3.93. The van der Waals surface area contributed by atoms with Crippen LogP contribution in [0.15, 0.2) is 77.7 Å². The molecule has 0 saturated heterocycles. The molecule has 7 nitrogen and oxygen atoms in total. The number of hydrogen-bond acceptors (Lipinski definition) is 5. The number of carboxylic acid groups (broad SMARTS) is 1. The van der Waals surface area contributed by atoms with Crippen LogP contribution in [0.2, 0.25) is 0 Å². The molecule has 3 rings (SSSR count). The summed E-state index contributed by atoms with van der Waals surface area (Å²) in [5.41, 5.74) is 1.51. The number of rotatable bonds is 9. The molecule has 0 aliphatic heterocycles. The van der Waals surface area contributed by atoms with E-state index in [-0.39, 0.29) is 23.5 Å². The molecular weight excluding hydrogens is 418 g/mol. The van der Waals surface area contributed by atoms with Crippen molar-refractivity contribution >= 4 is 16.0 Å². The van der Waals surface area contributed by atoms with E-state index in [4.69, 9.17) is 14.6 Å². The first kappa shape index (κ1) is 22.3. The molecule has 3 aromatic carbocycles. The number of aromatic carboxylic acids is 1. The van der Waals surface area contributed by atoms with E-state index < -0.39 is 16.0 Å². The standard InChI is InChI=1S/C23H23NO6S/c1-29-20-11-7-17(8-12-20)15-24(16-19-5-3-4-6-22(19)30-2)31(27,28)21-13-9-18(10-14-21)23(25)26/h3-14H,15-16H2,1-2H3,(H,25,26). The highest BCUT2D eigenvalue weighted by Gasteiger charge is 2.26. The van der Waals surface area contributed by atoms with Gasteiger partial charge in [-0.2, -0.15) is 4.31 Å². The smallest absolute Gasteiger partial charge is 0.335 e. The number of hydrogen-bond donors (Lipinski definition) is 1. The summed E-state index contributed by atoms with van der Waals surface area (Å²) in [7, 11) is -0.830. The van der Waals surface area contributed by atoms with Gasteiger partial charge in [0.1, 0.15) is 11.5 Å². The Hall–Kier alpha value is -3.36. The molecule has 162 valence electrons. The summed E-state index contributed by atoms with van der Waals surface area (Å²) >= 11 is 0. The van der Waals surface area contributed by atoms with Crippen molar-refractivity contribution in [1.82, 2.24) is 4.31 Å². The maximum absolute atomic E-state index is 13.5. The summed E-state index contributed by atoms with van der Waals surface area (Å²) in [5, 5.41) is 9.09. The van der Waals surface area contributed by atoms with Crippen LogP contribution in [0.5, 0.6) is 11.5 Å². The molecule has 0 atom stereocenters. The zero-order valence-electron chi connectivity index (χ0n) is 17.2. The Morgan fingerprint density at radius 2 is 1.52 bits per heavy atom. The molecule has 1 N–H and O–H groups in total. The van der Waals surface area contributed by atoms with Crippen molar-refractivity contribution < 1.29 is 27.8 Å². The fourth-order valence-electron chi connectivity index (χ4n) is 3.10. The lowest BCUT2D eigenvalue weighted by Gasteiger charge is -2.23. The first-order valence-electron chi connectivity index (χ1n) is 9.43. The van der Waals surface area contributed by atoms with Crippen molar-refractivity contribution in [3.05, 3.63) is 89.5 Å². The Bertz CT molecular complexity index is 1140. The van der Waals surface area contributed by atoms with Crippen molar-refractivity contribution in [2.75, 3.05) is 14.2 Å². The number of benzene rings is 3. The van der Waals surface area contributed by atoms with Crippen molar-refractivity contribution in [1.29, 1.82) is 0 Å². The largest absolute Gasteiger partial charge is 0.497 e. The van der Waals surface area contributed by atoms with Gasteiger partial charge in [-0.05, 0) is 48.0 Å². The molecule has 0 radical (unpaired) electrons. The van der Waals surface area contributed by atoms with Crippen LogP contribution in [0.4, 0.5) is 0 Å². The van der Waals surface area contributed by atoms with Gasteiger partial charge in [0.2, 0.25) is 10.0 Å². The van der Waals surface area contributed by atoms with Crippen LogP contribution in [0.25, 0.3) is 0 Å². The molecule has 0 fully saturated rings. The molecule has 8 heteroatoms. The van der Waals surface area contributed by atoms with Gasteiger partial charge in [-0.1, -0.05) is 30.3 Å². The van der Waals surface area contributed by atoms with Gasteiger partial charge in [-0.3, -0.25) is 0 Å². The zero-order chi connectivity index (χ0) is 22.4. The lowest BCUT2D eigenvalue weighted by atomic mass is 10.2. The van der Waals surface area contributed by atoms with Crippen molar-refractivity contribution in [2.45, 2.75) is 18.0 Å². The van der Waals surface area contributed by atoms with E-state index in [1.165, 1.54) is 35.7 Å². The van der Waals surface area contributed by atoms with Gasteiger partial charge >= 0.3 is 5.97 Å². The molecule has 0 unspecified atom stereocenters. The summed E-state index contributed by atoms with van der Waals surface area (Å²) in [6.07, 6.45) is 0. The second-order valence-electron chi connectivity index (χ2n) is 6.76. The lowest BCUT2D eigenvalue weighted by Crippen LogP contribution is -2.30. The minimum Gasteiger partial charge on any atom is -0.497 e. The predicted molar refractivity (Wildman–Crippen MR) is 116 cm³/mol. The Kier molecular flexibility index (Phi) is 6.94. The van der Waals surface area contributed by atoms with E-state index in [0.29, 0.717) is 17.1 Å². The summed E-state index contributed by atoms with van der Waals surface area (Å²) in [5.74, 6) is 0.138. The fraction of sp³-hybridized carbons (Fsp3) is 0.174. The third kappa shape index (κ3) is 5.22. The lowest BCUT2D eigenvalue weighted by molar-refractivity contribution is 0.0696. The number of para-hydroxylation sites is 1. The van der Waals surface area contributed by atoms with E-state index in [1.54, 1.807) is 37.4 Å². The Balaban J connectivity index is 1.99. The van der Waals surface area contributed by atoms with Gasteiger partial charge < -0.3 is 14.6 Å². The maximum Gasteiger partial charge on any atom is 0.335 e. The Labute approximate surface area is 181 Å². The van der Waals surface area contributed by atoms with E-state index >= 15 is 0 Å². The summed E-state index contributed by atoms with van der Waals surface area (Å²) in [4.78, 5) is 11.1. The van der Waals surface area contributed by atoms with Crippen LogP contribution in [-0.4, -0.2) is 38.0 Å². The molecular formula is C23H23NO6S. The second kappa shape index (κ2) is 9.63. The molecule has 0 saturated carbocycles. The quantitative estimate of drug-likeness (QED) is 0.543. The summed E-state index contributed by atoms with van der Waals surface area (Å²) in [6.45, 7) is 0.199. The molecule has 0 aromatic heterocycles. The molecule has 0 aliphatic carbocycles. The van der Waals surface area contributed by atoms with Crippen LogP contribution in [-0.2, 0) is 23.1 Å². The number of sulfonamides is 1. The van der Waals surface area contributed by atoms with Crippen LogP contribution in [0, 0.1) is 0 Å². The van der Waals surface area contributed by atoms with Crippen LogP contribution in [0.1, 0.15) is 21.5 Å². The van der Waals surface area contributed by atoms with Gasteiger partial charge in [0, 0.05) is 18.7 Å². The number of carbonyl (C=O) groups is 1. The summed E-state index contributed by atoms with van der Waals surface area (Å²) < 4.78 is 38.8. The topological polar surface area (TPSA) is 93.1 Å². The number of carboxylic acids is 1. The average molecular weight is 442 g/mol. The first-order valence-corrected chi connectivity index (χ1v) is 10.9. The highest BCUT2D eigenvalue weighted by atomic mass is 32.2. The van der Waals surface area contributed by atoms with Crippen LogP contribution in [0.3, 0.4) is 0 Å². The van der Waals surface area contributed by atoms with E-state index in [1.807, 2.05) is 18.2 Å². The second-order valence-corrected chi connectivity index (χ2v) is 8.70. The molecule has 0 aliphatic rings. The number of methoxy groups -OCH3 is 2. The normalized spacial score (nSPS) is 11.3. The molecule has 31 heavy (non-hydrogen) atoms. The monoisotopic (exact) mass is 441 g/mol. The number of ether oxygens (including phenoxy) is 2. The zero-order valence-corrected chi connectivity index (χ0v) is 18.0. The fourth-order valence-corrected chi connectivity index (χ4v) is 4.51. The minimum absolute atomic E-state index is 0.0147. The van der Waals surface area contributed by atoms with Crippen molar-refractivity contribution in [3.8, 4) is 11.5 Å². The van der Waals surface area contributed by atoms with E-state index in [0.717, 1.165) is 5.56 Å². The van der Waals surface area contributed by atoms with Gasteiger partial charge in [0.05, 0.1) is 24.7 Å². The maximum atomic E-state index is 13.5. The molecule has 3 aromatic rings. The third-order valence-corrected chi connectivity index (χ3v) is 6.60. The SMILES string of the molecule is COc1ccc(CN(Cc2ccccc2OC)S(=O)(=O)c2ccc(C(=O)O)cc2)cc1. The Morgan fingerprint density at radius 1 is 0.871 bits per heavy atom. The average Bonchev–Trinajstić information content (AvgIpc) is 2.79. The van der Waals surface area contributed by atoms with E-state index in [9.17, 15) is 13.2 Å². The highest BCUT2D eigenvalue weighted by molar-refractivity contribution is 7.89. The summed E-state index contributed by atoms with van der Waals surface area (Å²) in [6, 6.07) is 19.5.